The third-order valence-electron chi connectivity index (χ3n) is 4.60. The monoisotopic (exact) mass is 421 g/mol. The number of benzene rings is 1. The quantitative estimate of drug-likeness (QED) is 0.569. The van der Waals surface area contributed by atoms with Crippen molar-refractivity contribution in [3.8, 4) is 17.5 Å². The van der Waals surface area contributed by atoms with Crippen LogP contribution in [0, 0.1) is 11.3 Å². The summed E-state index contributed by atoms with van der Waals surface area (Å²) in [5.74, 6) is 0.610. The lowest BCUT2D eigenvalue weighted by Crippen LogP contribution is -2.30. The summed E-state index contributed by atoms with van der Waals surface area (Å²) < 4.78 is 29.2. The van der Waals surface area contributed by atoms with Crippen LogP contribution in [0.2, 0.25) is 0 Å². The molecule has 0 aliphatic heterocycles. The van der Waals surface area contributed by atoms with Gasteiger partial charge in [0.05, 0.1) is 16.2 Å². The Hall–Kier alpha value is -1.89. The molecule has 0 N–H and O–H groups in total. The molecule has 2 unspecified atom stereocenters. The fourth-order valence-corrected chi connectivity index (χ4v) is 5.17. The largest absolute Gasteiger partial charge is 0.299 e. The van der Waals surface area contributed by atoms with E-state index in [1.165, 1.54) is 16.1 Å². The van der Waals surface area contributed by atoms with E-state index in [1.54, 1.807) is 18.2 Å². The van der Waals surface area contributed by atoms with Crippen LogP contribution < -0.4 is 0 Å². The summed E-state index contributed by atoms with van der Waals surface area (Å²) in [5.41, 5.74) is 0.692. The number of sulfonamides is 1. The van der Waals surface area contributed by atoms with E-state index >= 15 is 0 Å². The Morgan fingerprint density at radius 2 is 1.89 bits per heavy atom. The zero-order valence-electron chi connectivity index (χ0n) is 17.0. The molecule has 0 aliphatic rings. The van der Waals surface area contributed by atoms with Gasteiger partial charge in [-0.3, -0.25) is 4.57 Å². The number of rotatable bonds is 9. The molecule has 2 atom stereocenters. The summed E-state index contributed by atoms with van der Waals surface area (Å²) >= 11 is 1.35. The van der Waals surface area contributed by atoms with Crippen LogP contribution >= 0.6 is 11.8 Å². The van der Waals surface area contributed by atoms with E-state index < -0.39 is 10.0 Å². The van der Waals surface area contributed by atoms with Gasteiger partial charge in [-0.2, -0.15) is 9.57 Å². The van der Waals surface area contributed by atoms with Gasteiger partial charge in [0.1, 0.15) is 0 Å². The molecule has 9 heteroatoms. The van der Waals surface area contributed by atoms with E-state index in [4.69, 9.17) is 5.26 Å². The van der Waals surface area contributed by atoms with Gasteiger partial charge in [-0.25, -0.2) is 8.42 Å². The Labute approximate surface area is 171 Å². The van der Waals surface area contributed by atoms with Crippen molar-refractivity contribution in [3.63, 3.8) is 0 Å². The minimum atomic E-state index is -3.56. The van der Waals surface area contributed by atoms with Crippen LogP contribution in [0.1, 0.15) is 47.1 Å². The lowest BCUT2D eigenvalue weighted by Gasteiger charge is -2.19. The molecule has 1 heterocycles. The molecule has 1 aromatic heterocycles. The van der Waals surface area contributed by atoms with Crippen LogP contribution in [0.4, 0.5) is 0 Å². The highest BCUT2D eigenvalue weighted by atomic mass is 32.2. The molecule has 28 heavy (non-hydrogen) atoms. The predicted octanol–water partition coefficient (Wildman–Crippen LogP) is 3.95. The van der Waals surface area contributed by atoms with E-state index in [0.717, 1.165) is 6.42 Å². The highest BCUT2D eigenvalue weighted by Gasteiger charge is 2.24. The molecule has 0 saturated heterocycles. The Morgan fingerprint density at radius 1 is 1.21 bits per heavy atom. The Balaban J connectivity index is 2.56. The molecule has 7 nitrogen and oxygen atoms in total. The predicted molar refractivity (Wildman–Crippen MR) is 111 cm³/mol. The molecular formula is C19H27N5O2S2. The first-order chi connectivity index (χ1) is 13.3. The van der Waals surface area contributed by atoms with Gasteiger partial charge in [0, 0.05) is 24.7 Å². The van der Waals surface area contributed by atoms with Gasteiger partial charge in [0.2, 0.25) is 10.0 Å². The summed E-state index contributed by atoms with van der Waals surface area (Å²) in [4.78, 5) is 0.243. The van der Waals surface area contributed by atoms with Crippen molar-refractivity contribution in [3.05, 3.63) is 24.3 Å². The van der Waals surface area contributed by atoms with Gasteiger partial charge in [-0.1, -0.05) is 44.7 Å². The molecule has 0 amide bonds. The molecule has 0 bridgehead atoms. The van der Waals surface area contributed by atoms with E-state index in [9.17, 15) is 8.42 Å². The summed E-state index contributed by atoms with van der Waals surface area (Å²) in [6.45, 7) is 10.4. The zero-order chi connectivity index (χ0) is 20.9. The highest BCUT2D eigenvalue weighted by Crippen LogP contribution is 2.32. The molecule has 0 saturated carbocycles. The Kier molecular flexibility index (Phi) is 7.63. The van der Waals surface area contributed by atoms with Gasteiger partial charge in [-0.15, -0.1) is 10.2 Å². The number of nitrogens with zero attached hydrogens (tertiary/aromatic N) is 5. The van der Waals surface area contributed by atoms with E-state index in [-0.39, 0.29) is 16.2 Å². The van der Waals surface area contributed by atoms with Crippen molar-refractivity contribution in [2.75, 3.05) is 13.1 Å². The zero-order valence-corrected chi connectivity index (χ0v) is 18.6. The molecule has 2 rings (SSSR count). The van der Waals surface area contributed by atoms with E-state index in [2.05, 4.69) is 30.1 Å². The van der Waals surface area contributed by atoms with Crippen LogP contribution in [-0.4, -0.2) is 45.8 Å². The molecule has 152 valence electrons. The van der Waals surface area contributed by atoms with Crippen LogP contribution in [0.5, 0.6) is 0 Å². The van der Waals surface area contributed by atoms with Crippen molar-refractivity contribution in [1.29, 1.82) is 5.26 Å². The topological polar surface area (TPSA) is 91.9 Å². The average Bonchev–Trinajstić information content (AvgIpc) is 3.11. The van der Waals surface area contributed by atoms with Crippen molar-refractivity contribution >= 4 is 21.8 Å². The van der Waals surface area contributed by atoms with Gasteiger partial charge in [-0.05, 0) is 32.4 Å². The molecular weight excluding hydrogens is 394 g/mol. The first-order valence-corrected chi connectivity index (χ1v) is 11.7. The maximum atomic E-state index is 12.9. The van der Waals surface area contributed by atoms with Crippen LogP contribution in [0.3, 0.4) is 0 Å². The number of hydrogen-bond acceptors (Lipinski definition) is 6. The minimum absolute atomic E-state index is 0.112. The highest BCUT2D eigenvalue weighted by molar-refractivity contribution is 8.00. The van der Waals surface area contributed by atoms with Crippen molar-refractivity contribution in [1.82, 2.24) is 19.1 Å². The molecule has 0 spiro atoms. The second kappa shape index (κ2) is 9.54. The van der Waals surface area contributed by atoms with Gasteiger partial charge >= 0.3 is 0 Å². The minimum Gasteiger partial charge on any atom is -0.299 e. The second-order valence-corrected chi connectivity index (χ2v) is 9.69. The molecule has 2 aromatic rings. The Morgan fingerprint density at radius 3 is 2.46 bits per heavy atom. The standard InChI is InChI=1S/C19H27N5O2S2/c1-6-14(4)24-18(21-22-19(24)27-15(5)13-20)16-10-9-11-17(12-16)28(25,26)23(7-2)8-3/h9-12,14-15H,6-8H2,1-5H3. The smallest absolute Gasteiger partial charge is 0.243 e. The number of hydrogen-bond donors (Lipinski definition) is 0. The van der Waals surface area contributed by atoms with Crippen LogP contribution in [-0.2, 0) is 10.0 Å². The van der Waals surface area contributed by atoms with Crippen molar-refractivity contribution in [2.45, 2.75) is 62.4 Å². The number of thioether (sulfide) groups is 1. The maximum absolute atomic E-state index is 12.9. The third kappa shape index (κ3) is 4.57. The molecule has 0 fully saturated rings. The van der Waals surface area contributed by atoms with Crippen molar-refractivity contribution in [2.24, 2.45) is 0 Å². The lowest BCUT2D eigenvalue weighted by atomic mass is 10.2. The SMILES string of the molecule is CCC(C)n1c(SC(C)C#N)nnc1-c1cccc(S(=O)(=O)N(CC)CC)c1. The van der Waals surface area contributed by atoms with Crippen molar-refractivity contribution < 1.29 is 8.42 Å². The first-order valence-electron chi connectivity index (χ1n) is 9.41. The Bertz CT molecular complexity index is 945. The van der Waals surface area contributed by atoms with E-state index in [1.807, 2.05) is 31.4 Å². The van der Waals surface area contributed by atoms with Crippen LogP contribution in [0.25, 0.3) is 11.4 Å². The normalized spacial score (nSPS) is 14.0. The first kappa shape index (κ1) is 22.4. The molecule has 1 aromatic carbocycles. The summed E-state index contributed by atoms with van der Waals surface area (Å²) in [7, 11) is -3.56. The summed E-state index contributed by atoms with van der Waals surface area (Å²) in [6.07, 6.45) is 0.858. The third-order valence-corrected chi connectivity index (χ3v) is 7.59. The van der Waals surface area contributed by atoms with Gasteiger partial charge < -0.3 is 0 Å². The molecule has 0 aliphatic carbocycles. The summed E-state index contributed by atoms with van der Waals surface area (Å²) in [6, 6.07) is 9.14. The number of nitriles is 1. The second-order valence-electron chi connectivity index (χ2n) is 6.44. The summed E-state index contributed by atoms with van der Waals surface area (Å²) in [5, 5.41) is 18.1. The fourth-order valence-electron chi connectivity index (χ4n) is 2.83. The fraction of sp³-hybridized carbons (Fsp3) is 0.526. The lowest BCUT2D eigenvalue weighted by molar-refractivity contribution is 0.445. The maximum Gasteiger partial charge on any atom is 0.243 e. The number of aromatic nitrogens is 3. The van der Waals surface area contributed by atoms with Gasteiger partial charge in [0.25, 0.3) is 0 Å². The van der Waals surface area contributed by atoms with Gasteiger partial charge in [0.15, 0.2) is 11.0 Å². The molecule has 0 radical (unpaired) electrons. The average molecular weight is 422 g/mol. The van der Waals surface area contributed by atoms with Crippen LogP contribution in [0.15, 0.2) is 34.3 Å². The van der Waals surface area contributed by atoms with E-state index in [0.29, 0.717) is 29.6 Å².